The summed E-state index contributed by atoms with van der Waals surface area (Å²) >= 11 is 1.91. The van der Waals surface area contributed by atoms with E-state index >= 15 is 0 Å². The van der Waals surface area contributed by atoms with Crippen molar-refractivity contribution in [2.45, 2.75) is 77.2 Å². The quantitative estimate of drug-likeness (QED) is 0.821. The molecule has 2 aliphatic carbocycles. The molecule has 1 saturated carbocycles. The minimum absolute atomic E-state index is 0.599. The first-order valence-electron chi connectivity index (χ1n) is 8.93. The molecular formula is C18H25N3S. The number of nitrogens with one attached hydrogen (secondary N) is 1. The van der Waals surface area contributed by atoms with E-state index in [1.54, 1.807) is 10.4 Å². The van der Waals surface area contributed by atoms with Gasteiger partial charge in [0.2, 0.25) is 0 Å². The van der Waals surface area contributed by atoms with E-state index < -0.39 is 0 Å². The molecule has 0 aliphatic heterocycles. The van der Waals surface area contributed by atoms with E-state index in [0.717, 1.165) is 18.1 Å². The van der Waals surface area contributed by atoms with Crippen LogP contribution in [0.5, 0.6) is 0 Å². The zero-order valence-electron chi connectivity index (χ0n) is 13.5. The van der Waals surface area contributed by atoms with E-state index in [4.69, 9.17) is 9.97 Å². The fraction of sp³-hybridized carbons (Fsp3) is 0.667. The highest BCUT2D eigenvalue weighted by molar-refractivity contribution is 7.19. The molecule has 4 rings (SSSR count). The van der Waals surface area contributed by atoms with Gasteiger partial charge in [0, 0.05) is 17.3 Å². The van der Waals surface area contributed by atoms with Gasteiger partial charge < -0.3 is 5.32 Å². The number of nitrogens with zero attached hydrogens (tertiary/aromatic N) is 2. The highest BCUT2D eigenvalue weighted by Crippen LogP contribution is 2.40. The van der Waals surface area contributed by atoms with Crippen LogP contribution in [0.15, 0.2) is 0 Å². The number of thiophene rings is 1. The Morgan fingerprint density at radius 2 is 1.86 bits per heavy atom. The molecular weight excluding hydrogens is 290 g/mol. The molecule has 0 atom stereocenters. The molecule has 1 fully saturated rings. The van der Waals surface area contributed by atoms with E-state index in [1.165, 1.54) is 68.0 Å². The van der Waals surface area contributed by atoms with Crippen LogP contribution in [0.4, 0.5) is 5.82 Å². The number of anilines is 1. The number of aromatic nitrogens is 2. The van der Waals surface area contributed by atoms with Crippen LogP contribution in [0.1, 0.15) is 68.1 Å². The Hall–Kier alpha value is -1.16. The summed E-state index contributed by atoms with van der Waals surface area (Å²) in [6, 6.07) is 0.599. The van der Waals surface area contributed by atoms with Gasteiger partial charge in [-0.2, -0.15) is 0 Å². The lowest BCUT2D eigenvalue weighted by Crippen LogP contribution is -2.20. The van der Waals surface area contributed by atoms with Gasteiger partial charge in [0.05, 0.1) is 5.39 Å². The van der Waals surface area contributed by atoms with Crippen molar-refractivity contribution in [3.05, 3.63) is 16.3 Å². The largest absolute Gasteiger partial charge is 0.367 e. The zero-order chi connectivity index (χ0) is 14.9. The van der Waals surface area contributed by atoms with Crippen molar-refractivity contribution in [1.82, 2.24) is 9.97 Å². The molecule has 22 heavy (non-hydrogen) atoms. The Morgan fingerprint density at radius 3 is 2.64 bits per heavy atom. The molecule has 0 unspecified atom stereocenters. The minimum Gasteiger partial charge on any atom is -0.367 e. The van der Waals surface area contributed by atoms with Crippen LogP contribution in [-0.2, 0) is 19.3 Å². The van der Waals surface area contributed by atoms with Crippen LogP contribution < -0.4 is 5.32 Å². The maximum absolute atomic E-state index is 4.88. The molecule has 118 valence electrons. The molecule has 2 aliphatic rings. The van der Waals surface area contributed by atoms with Crippen LogP contribution >= 0.6 is 11.3 Å². The van der Waals surface area contributed by atoms with Gasteiger partial charge in [-0.05, 0) is 37.7 Å². The second-order valence-electron chi connectivity index (χ2n) is 6.71. The Balaban J connectivity index is 1.74. The second kappa shape index (κ2) is 6.15. The number of hydrogen-bond acceptors (Lipinski definition) is 4. The van der Waals surface area contributed by atoms with Gasteiger partial charge in [-0.25, -0.2) is 9.97 Å². The minimum atomic E-state index is 0.599. The summed E-state index contributed by atoms with van der Waals surface area (Å²) in [6.07, 6.45) is 12.7. The third-order valence-electron chi connectivity index (χ3n) is 5.12. The number of hydrogen-bond donors (Lipinski definition) is 1. The Morgan fingerprint density at radius 1 is 1.05 bits per heavy atom. The van der Waals surface area contributed by atoms with Crippen LogP contribution in [0.3, 0.4) is 0 Å². The lowest BCUT2D eigenvalue weighted by Gasteiger charge is -2.18. The highest BCUT2D eigenvalue weighted by Gasteiger charge is 2.23. The fourth-order valence-electron chi connectivity index (χ4n) is 3.92. The van der Waals surface area contributed by atoms with Crippen molar-refractivity contribution in [3.8, 4) is 0 Å². The summed E-state index contributed by atoms with van der Waals surface area (Å²) in [5.41, 5.74) is 1.54. The molecule has 2 heterocycles. The first-order valence-corrected chi connectivity index (χ1v) is 9.74. The second-order valence-corrected chi connectivity index (χ2v) is 7.80. The maximum Gasteiger partial charge on any atom is 0.139 e. The first-order chi connectivity index (χ1) is 10.8. The van der Waals surface area contributed by atoms with Gasteiger partial charge in [-0.15, -0.1) is 11.3 Å². The molecule has 1 N–H and O–H groups in total. The lowest BCUT2D eigenvalue weighted by atomic mass is 10.1. The summed E-state index contributed by atoms with van der Waals surface area (Å²) in [5.74, 6) is 2.12. The monoisotopic (exact) mass is 315 g/mol. The lowest BCUT2D eigenvalue weighted by molar-refractivity contribution is 0.617. The standard InChI is InChI=1S/C18H25N3S/c1-2-15-20-17(19-12-8-5-3-4-6-9-12)16-13-10-7-11-14(13)22-18(16)21-15/h12H,2-11H2,1H3,(H,19,20,21). The van der Waals surface area contributed by atoms with Crippen molar-refractivity contribution >= 4 is 27.4 Å². The number of aryl methyl sites for hydroxylation is 3. The smallest absolute Gasteiger partial charge is 0.139 e. The highest BCUT2D eigenvalue weighted by atomic mass is 32.1. The molecule has 0 bridgehead atoms. The van der Waals surface area contributed by atoms with E-state index in [1.807, 2.05) is 11.3 Å². The van der Waals surface area contributed by atoms with E-state index in [9.17, 15) is 0 Å². The van der Waals surface area contributed by atoms with Gasteiger partial charge in [0.15, 0.2) is 0 Å². The third kappa shape index (κ3) is 2.62. The Bertz CT molecular complexity index is 669. The van der Waals surface area contributed by atoms with Crippen molar-refractivity contribution in [3.63, 3.8) is 0 Å². The molecule has 4 heteroatoms. The predicted octanol–water partition coefficient (Wildman–Crippen LogP) is 4.88. The summed E-state index contributed by atoms with van der Waals surface area (Å²) in [7, 11) is 0. The van der Waals surface area contributed by atoms with Gasteiger partial charge >= 0.3 is 0 Å². The Kier molecular flexibility index (Phi) is 4.03. The summed E-state index contributed by atoms with van der Waals surface area (Å²) in [4.78, 5) is 12.4. The number of rotatable bonds is 3. The van der Waals surface area contributed by atoms with E-state index in [2.05, 4.69) is 12.2 Å². The van der Waals surface area contributed by atoms with Gasteiger partial charge in [0.1, 0.15) is 16.5 Å². The van der Waals surface area contributed by atoms with Crippen LogP contribution in [0.25, 0.3) is 10.2 Å². The van der Waals surface area contributed by atoms with Crippen molar-refractivity contribution in [2.24, 2.45) is 0 Å². The van der Waals surface area contributed by atoms with E-state index in [0.29, 0.717) is 6.04 Å². The molecule has 0 radical (unpaired) electrons. The summed E-state index contributed by atoms with van der Waals surface area (Å²) in [6.45, 7) is 2.15. The third-order valence-corrected chi connectivity index (χ3v) is 6.31. The average Bonchev–Trinajstić information content (AvgIpc) is 3.00. The Labute approximate surface area is 136 Å². The molecule has 2 aromatic heterocycles. The van der Waals surface area contributed by atoms with E-state index in [-0.39, 0.29) is 0 Å². The summed E-state index contributed by atoms with van der Waals surface area (Å²) in [5, 5.41) is 5.16. The molecule has 2 aromatic rings. The SMILES string of the molecule is CCc1nc(NC2CCCCCC2)c2c3c(sc2n1)CCC3. The van der Waals surface area contributed by atoms with Gasteiger partial charge in [-0.3, -0.25) is 0 Å². The molecule has 0 saturated heterocycles. The van der Waals surface area contributed by atoms with Crippen molar-refractivity contribution < 1.29 is 0 Å². The molecule has 0 amide bonds. The molecule has 0 aromatic carbocycles. The molecule has 0 spiro atoms. The summed E-state index contributed by atoms with van der Waals surface area (Å²) < 4.78 is 0. The molecule has 3 nitrogen and oxygen atoms in total. The van der Waals surface area contributed by atoms with Gasteiger partial charge in [-0.1, -0.05) is 32.6 Å². The number of fused-ring (bicyclic) bond motifs is 3. The first kappa shape index (κ1) is 14.4. The fourth-order valence-corrected chi connectivity index (χ4v) is 5.20. The van der Waals surface area contributed by atoms with Crippen molar-refractivity contribution in [1.29, 1.82) is 0 Å². The normalized spacial score (nSPS) is 19.3. The van der Waals surface area contributed by atoms with Crippen LogP contribution in [0, 0.1) is 0 Å². The van der Waals surface area contributed by atoms with Gasteiger partial charge in [0.25, 0.3) is 0 Å². The van der Waals surface area contributed by atoms with Crippen molar-refractivity contribution in [2.75, 3.05) is 5.32 Å². The average molecular weight is 315 g/mol. The maximum atomic E-state index is 4.88. The van der Waals surface area contributed by atoms with Crippen LogP contribution in [0.2, 0.25) is 0 Å². The predicted molar refractivity (Wildman–Crippen MR) is 93.9 cm³/mol. The topological polar surface area (TPSA) is 37.8 Å². The van der Waals surface area contributed by atoms with Crippen LogP contribution in [-0.4, -0.2) is 16.0 Å². The zero-order valence-corrected chi connectivity index (χ0v) is 14.3.